The van der Waals surface area contributed by atoms with E-state index in [1.807, 2.05) is 12.3 Å². The fraction of sp³-hybridized carbons (Fsp3) is 0.583. The molecule has 2 heterocycles. The van der Waals surface area contributed by atoms with E-state index >= 15 is 0 Å². The van der Waals surface area contributed by atoms with Crippen LogP contribution < -0.4 is 0 Å². The summed E-state index contributed by atoms with van der Waals surface area (Å²) < 4.78 is 5.99. The lowest BCUT2D eigenvalue weighted by atomic mass is 9.80. The highest BCUT2D eigenvalue weighted by atomic mass is 16.5. The van der Waals surface area contributed by atoms with Crippen LogP contribution in [0.1, 0.15) is 43.4 Å². The molecule has 2 nitrogen and oxygen atoms in total. The predicted molar refractivity (Wildman–Crippen MR) is 53.8 cm³/mol. The summed E-state index contributed by atoms with van der Waals surface area (Å²) in [6.07, 6.45) is 8.20. The number of aromatic nitrogens is 1. The van der Waals surface area contributed by atoms with E-state index in [0.29, 0.717) is 0 Å². The average Bonchev–Trinajstić information content (AvgIpc) is 2.60. The number of nitrogens with zero attached hydrogens (tertiary/aromatic N) is 1. The van der Waals surface area contributed by atoms with Crippen LogP contribution in [0.3, 0.4) is 0 Å². The quantitative estimate of drug-likeness (QED) is 0.626. The molecule has 1 saturated carbocycles. The van der Waals surface area contributed by atoms with Crippen molar-refractivity contribution in [2.45, 2.75) is 44.3 Å². The summed E-state index contributed by atoms with van der Waals surface area (Å²) in [5.41, 5.74) is 2.57. The smallest absolute Gasteiger partial charge is 0.0955 e. The number of fused-ring (bicyclic) bond motifs is 2. The first kappa shape index (κ1) is 8.42. The average molecular weight is 189 g/mol. The molecule has 1 aromatic heterocycles. The maximum atomic E-state index is 5.99. The lowest BCUT2D eigenvalue weighted by Gasteiger charge is -2.33. The summed E-state index contributed by atoms with van der Waals surface area (Å²) in [7, 11) is 0. The van der Waals surface area contributed by atoms with Crippen molar-refractivity contribution in [3.05, 3.63) is 29.6 Å². The molecule has 14 heavy (non-hydrogen) atoms. The first-order chi connectivity index (χ1) is 6.91. The fourth-order valence-electron chi connectivity index (χ4n) is 2.79. The minimum Gasteiger partial charge on any atom is -0.364 e. The van der Waals surface area contributed by atoms with Crippen molar-refractivity contribution >= 4 is 0 Å². The highest BCUT2D eigenvalue weighted by molar-refractivity contribution is 5.30. The highest BCUT2D eigenvalue weighted by Crippen LogP contribution is 2.45. The zero-order valence-electron chi connectivity index (χ0n) is 8.33. The van der Waals surface area contributed by atoms with Gasteiger partial charge < -0.3 is 4.74 Å². The highest BCUT2D eigenvalue weighted by Gasteiger charge is 2.41. The standard InChI is InChI=1S/C12H15NO/c1-2-6-12(7-3-1)10-5-4-8-13-11(10)9-14-12/h4-5,8H,1-3,6-7,9H2. The maximum absolute atomic E-state index is 5.99. The Labute approximate surface area is 84.3 Å². The van der Waals surface area contributed by atoms with Crippen LogP contribution in [0.25, 0.3) is 0 Å². The molecule has 3 rings (SSSR count). The molecule has 1 aromatic rings. The zero-order chi connectivity index (χ0) is 9.43. The fourth-order valence-corrected chi connectivity index (χ4v) is 2.79. The van der Waals surface area contributed by atoms with Gasteiger partial charge in [0.15, 0.2) is 0 Å². The van der Waals surface area contributed by atoms with Gasteiger partial charge in [0.05, 0.1) is 17.9 Å². The van der Waals surface area contributed by atoms with E-state index in [1.165, 1.54) is 37.7 Å². The van der Waals surface area contributed by atoms with Crippen LogP contribution in [0, 0.1) is 0 Å². The van der Waals surface area contributed by atoms with Crippen LogP contribution in [-0.4, -0.2) is 4.98 Å². The molecule has 1 aliphatic heterocycles. The van der Waals surface area contributed by atoms with E-state index in [1.54, 1.807) is 0 Å². The first-order valence-electron chi connectivity index (χ1n) is 5.49. The van der Waals surface area contributed by atoms with Crippen LogP contribution in [0.5, 0.6) is 0 Å². The summed E-state index contributed by atoms with van der Waals surface area (Å²) in [4.78, 5) is 4.38. The summed E-state index contributed by atoms with van der Waals surface area (Å²) in [5, 5.41) is 0. The van der Waals surface area contributed by atoms with Crippen molar-refractivity contribution in [2.75, 3.05) is 0 Å². The molecule has 1 aliphatic carbocycles. The minimum atomic E-state index is 0.0435. The largest absolute Gasteiger partial charge is 0.364 e. The molecule has 0 unspecified atom stereocenters. The van der Waals surface area contributed by atoms with Crippen LogP contribution in [-0.2, 0) is 16.9 Å². The van der Waals surface area contributed by atoms with E-state index in [0.717, 1.165) is 12.3 Å². The minimum absolute atomic E-state index is 0.0435. The van der Waals surface area contributed by atoms with Crippen LogP contribution in [0.2, 0.25) is 0 Å². The molecule has 74 valence electrons. The van der Waals surface area contributed by atoms with Gasteiger partial charge in [0, 0.05) is 11.8 Å². The van der Waals surface area contributed by atoms with Gasteiger partial charge >= 0.3 is 0 Å². The van der Waals surface area contributed by atoms with Gasteiger partial charge in [0.25, 0.3) is 0 Å². The summed E-state index contributed by atoms with van der Waals surface area (Å²) in [6.45, 7) is 0.718. The summed E-state index contributed by atoms with van der Waals surface area (Å²) >= 11 is 0. The second-order valence-corrected chi connectivity index (χ2v) is 4.34. The van der Waals surface area contributed by atoms with Crippen molar-refractivity contribution in [2.24, 2.45) is 0 Å². The van der Waals surface area contributed by atoms with Crippen molar-refractivity contribution in [1.29, 1.82) is 0 Å². The van der Waals surface area contributed by atoms with Gasteiger partial charge in [-0.2, -0.15) is 0 Å². The lowest BCUT2D eigenvalue weighted by Crippen LogP contribution is -2.27. The Morgan fingerprint density at radius 3 is 2.93 bits per heavy atom. The normalized spacial score (nSPS) is 23.7. The third kappa shape index (κ3) is 1.10. The summed E-state index contributed by atoms with van der Waals surface area (Å²) in [5.74, 6) is 0. The molecule has 2 aliphatic rings. The Hall–Kier alpha value is -0.890. The molecule has 1 fully saturated rings. The Bertz CT molecular complexity index is 336. The van der Waals surface area contributed by atoms with E-state index in [9.17, 15) is 0 Å². The molecular formula is C12H15NO. The van der Waals surface area contributed by atoms with Gasteiger partial charge in [-0.05, 0) is 18.9 Å². The third-order valence-corrected chi connectivity index (χ3v) is 3.53. The number of hydrogen-bond acceptors (Lipinski definition) is 2. The molecule has 0 atom stereocenters. The van der Waals surface area contributed by atoms with Gasteiger partial charge in [-0.3, -0.25) is 4.98 Å². The molecule has 0 bridgehead atoms. The van der Waals surface area contributed by atoms with Gasteiger partial charge in [0.2, 0.25) is 0 Å². The topological polar surface area (TPSA) is 22.1 Å². The van der Waals surface area contributed by atoms with Crippen LogP contribution >= 0.6 is 0 Å². The van der Waals surface area contributed by atoms with Crippen LogP contribution in [0.4, 0.5) is 0 Å². The Morgan fingerprint density at radius 2 is 2.07 bits per heavy atom. The van der Waals surface area contributed by atoms with E-state index in [4.69, 9.17) is 4.74 Å². The van der Waals surface area contributed by atoms with Gasteiger partial charge in [0.1, 0.15) is 0 Å². The van der Waals surface area contributed by atoms with E-state index in [2.05, 4.69) is 11.1 Å². The van der Waals surface area contributed by atoms with Gasteiger partial charge in [-0.1, -0.05) is 25.3 Å². The Kier molecular flexibility index (Phi) is 1.84. The molecule has 0 saturated heterocycles. The van der Waals surface area contributed by atoms with E-state index in [-0.39, 0.29) is 5.60 Å². The number of hydrogen-bond donors (Lipinski definition) is 0. The summed E-state index contributed by atoms with van der Waals surface area (Å²) in [6, 6.07) is 4.23. The predicted octanol–water partition coefficient (Wildman–Crippen LogP) is 2.77. The van der Waals surface area contributed by atoms with Crippen molar-refractivity contribution in [3.8, 4) is 0 Å². The molecular weight excluding hydrogens is 174 g/mol. The molecule has 2 heteroatoms. The third-order valence-electron chi connectivity index (χ3n) is 3.53. The molecule has 1 spiro atoms. The second-order valence-electron chi connectivity index (χ2n) is 4.34. The van der Waals surface area contributed by atoms with Gasteiger partial charge in [-0.15, -0.1) is 0 Å². The Balaban J connectivity index is 2.03. The van der Waals surface area contributed by atoms with Crippen LogP contribution in [0.15, 0.2) is 18.3 Å². The number of pyridine rings is 1. The second kappa shape index (κ2) is 3.06. The maximum Gasteiger partial charge on any atom is 0.0955 e. The Morgan fingerprint density at radius 1 is 1.21 bits per heavy atom. The molecule has 0 N–H and O–H groups in total. The van der Waals surface area contributed by atoms with Crippen molar-refractivity contribution in [1.82, 2.24) is 4.98 Å². The SMILES string of the molecule is c1cnc2c(c1)C1(CCCCC1)OC2. The van der Waals surface area contributed by atoms with Crippen molar-refractivity contribution in [3.63, 3.8) is 0 Å². The monoisotopic (exact) mass is 189 g/mol. The lowest BCUT2D eigenvalue weighted by molar-refractivity contribution is -0.0641. The number of ether oxygens (including phenoxy) is 1. The van der Waals surface area contributed by atoms with Crippen molar-refractivity contribution < 1.29 is 4.74 Å². The molecule has 0 amide bonds. The molecule has 0 radical (unpaired) electrons. The van der Waals surface area contributed by atoms with E-state index < -0.39 is 0 Å². The molecule has 0 aromatic carbocycles. The van der Waals surface area contributed by atoms with Gasteiger partial charge in [-0.25, -0.2) is 0 Å². The number of rotatable bonds is 0. The zero-order valence-corrected chi connectivity index (χ0v) is 8.33. The first-order valence-corrected chi connectivity index (χ1v) is 5.49.